The molecule has 0 aliphatic rings. The Morgan fingerprint density at radius 3 is 2.12 bits per heavy atom. The quantitative estimate of drug-likeness (QED) is 0.458. The van der Waals surface area contributed by atoms with Gasteiger partial charge in [-0.3, -0.25) is 4.98 Å². The van der Waals surface area contributed by atoms with Gasteiger partial charge in [0.2, 0.25) is 0 Å². The van der Waals surface area contributed by atoms with Crippen molar-refractivity contribution in [3.05, 3.63) is 97.2 Å². The molecular weight excluding hydrogens is 324 g/mol. The molecule has 3 heteroatoms. The van der Waals surface area contributed by atoms with Gasteiger partial charge in [-0.1, -0.05) is 54.2 Å². The van der Waals surface area contributed by atoms with Crippen molar-refractivity contribution in [1.29, 1.82) is 0 Å². The molecule has 25 heavy (non-hydrogen) atoms. The van der Waals surface area contributed by atoms with Gasteiger partial charge in [-0.05, 0) is 48.5 Å². The molecule has 2 aromatic carbocycles. The highest BCUT2D eigenvalue weighted by molar-refractivity contribution is 7.99. The van der Waals surface area contributed by atoms with E-state index in [9.17, 15) is 0 Å². The lowest BCUT2D eigenvalue weighted by Crippen LogP contribution is -1.89. The first-order chi connectivity index (χ1) is 12.4. The second-order valence-corrected chi connectivity index (χ2v) is 6.71. The molecule has 0 aliphatic heterocycles. The monoisotopic (exact) mass is 340 g/mol. The largest absolute Gasteiger partial charge is 0.255 e. The molecule has 0 radical (unpaired) electrons. The number of pyridine rings is 2. The van der Waals surface area contributed by atoms with Crippen molar-refractivity contribution in [2.24, 2.45) is 0 Å². The molecule has 0 N–H and O–H groups in total. The maximum atomic E-state index is 4.79. The second-order valence-electron chi connectivity index (χ2n) is 5.57. The van der Waals surface area contributed by atoms with Crippen molar-refractivity contribution in [1.82, 2.24) is 9.97 Å². The van der Waals surface area contributed by atoms with Crippen LogP contribution < -0.4 is 0 Å². The zero-order valence-corrected chi connectivity index (χ0v) is 14.4. The van der Waals surface area contributed by atoms with Crippen molar-refractivity contribution in [3.63, 3.8) is 0 Å². The van der Waals surface area contributed by atoms with Gasteiger partial charge in [0.05, 0.1) is 17.1 Å². The fraction of sp³-hybridized carbons (Fsp3) is 0. The fourth-order valence-electron chi connectivity index (χ4n) is 2.60. The maximum Gasteiger partial charge on any atom is 0.0893 e. The first kappa shape index (κ1) is 15.6. The minimum atomic E-state index is 0.888. The van der Waals surface area contributed by atoms with Gasteiger partial charge in [0.1, 0.15) is 0 Å². The second kappa shape index (κ2) is 7.32. The van der Waals surface area contributed by atoms with E-state index in [-0.39, 0.29) is 0 Å². The Hall–Kier alpha value is -2.91. The highest BCUT2D eigenvalue weighted by Gasteiger charge is 2.05. The van der Waals surface area contributed by atoms with Crippen molar-refractivity contribution in [3.8, 4) is 22.6 Å². The lowest BCUT2D eigenvalue weighted by molar-refractivity contribution is 1.24. The third kappa shape index (κ3) is 3.78. The van der Waals surface area contributed by atoms with Gasteiger partial charge in [-0.25, -0.2) is 4.98 Å². The summed E-state index contributed by atoms with van der Waals surface area (Å²) in [5.74, 6) is 0. The predicted molar refractivity (Wildman–Crippen MR) is 103 cm³/mol. The van der Waals surface area contributed by atoms with Crippen LogP contribution in [-0.2, 0) is 0 Å². The Labute approximate surface area is 151 Å². The molecule has 0 fully saturated rings. The standard InChI is InChI=1S/C22H16N2S/c1-2-9-18(10-3-1)25-19-11-6-8-17(16-19)20-13-7-14-22(24-20)21-12-4-5-15-23-21/h1-16H. The molecule has 0 unspecified atom stereocenters. The van der Waals surface area contributed by atoms with Gasteiger partial charge in [-0.15, -0.1) is 0 Å². The van der Waals surface area contributed by atoms with Gasteiger partial charge in [0.15, 0.2) is 0 Å². The normalized spacial score (nSPS) is 10.6. The lowest BCUT2D eigenvalue weighted by atomic mass is 10.1. The van der Waals surface area contributed by atoms with Crippen molar-refractivity contribution >= 4 is 11.8 Å². The van der Waals surface area contributed by atoms with Crippen LogP contribution in [0.2, 0.25) is 0 Å². The summed E-state index contributed by atoms with van der Waals surface area (Å²) in [5, 5.41) is 0. The van der Waals surface area contributed by atoms with Gasteiger partial charge in [0.25, 0.3) is 0 Å². The molecular formula is C22H16N2S. The summed E-state index contributed by atoms with van der Waals surface area (Å²) < 4.78 is 0. The Balaban J connectivity index is 1.65. The van der Waals surface area contributed by atoms with Gasteiger partial charge in [0, 0.05) is 21.6 Å². The third-order valence-electron chi connectivity index (χ3n) is 3.79. The first-order valence-corrected chi connectivity index (χ1v) is 8.92. The summed E-state index contributed by atoms with van der Waals surface area (Å²) in [7, 11) is 0. The Morgan fingerprint density at radius 1 is 0.560 bits per heavy atom. The number of hydrogen-bond acceptors (Lipinski definition) is 3. The molecule has 2 nitrogen and oxygen atoms in total. The van der Waals surface area contributed by atoms with E-state index in [0.717, 1.165) is 22.6 Å². The van der Waals surface area contributed by atoms with E-state index in [0.29, 0.717) is 0 Å². The molecule has 120 valence electrons. The molecule has 0 atom stereocenters. The van der Waals surface area contributed by atoms with Crippen LogP contribution in [0.1, 0.15) is 0 Å². The van der Waals surface area contributed by atoms with Crippen LogP contribution in [-0.4, -0.2) is 9.97 Å². The highest BCUT2D eigenvalue weighted by Crippen LogP contribution is 2.30. The van der Waals surface area contributed by atoms with Crippen LogP contribution in [0.3, 0.4) is 0 Å². The van der Waals surface area contributed by atoms with E-state index in [2.05, 4.69) is 53.5 Å². The van der Waals surface area contributed by atoms with Crippen LogP contribution in [0.15, 0.2) is 107 Å². The third-order valence-corrected chi connectivity index (χ3v) is 4.78. The zero-order valence-electron chi connectivity index (χ0n) is 13.5. The highest BCUT2D eigenvalue weighted by atomic mass is 32.2. The Bertz CT molecular complexity index is 969. The average Bonchev–Trinajstić information content (AvgIpc) is 2.70. The van der Waals surface area contributed by atoms with E-state index < -0.39 is 0 Å². The van der Waals surface area contributed by atoms with E-state index in [1.807, 2.05) is 42.5 Å². The molecule has 0 bridgehead atoms. The Kier molecular flexibility index (Phi) is 4.57. The lowest BCUT2D eigenvalue weighted by Gasteiger charge is -2.07. The predicted octanol–water partition coefficient (Wildman–Crippen LogP) is 5.96. The molecule has 0 amide bonds. The average molecular weight is 340 g/mol. The molecule has 4 rings (SSSR count). The number of rotatable bonds is 4. The van der Waals surface area contributed by atoms with Crippen LogP contribution in [0.4, 0.5) is 0 Å². The number of aromatic nitrogens is 2. The minimum Gasteiger partial charge on any atom is -0.255 e. The van der Waals surface area contributed by atoms with Crippen LogP contribution >= 0.6 is 11.8 Å². The van der Waals surface area contributed by atoms with E-state index in [1.54, 1.807) is 18.0 Å². The smallest absolute Gasteiger partial charge is 0.0893 e. The van der Waals surface area contributed by atoms with Crippen LogP contribution in [0.25, 0.3) is 22.6 Å². The van der Waals surface area contributed by atoms with Crippen LogP contribution in [0, 0.1) is 0 Å². The van der Waals surface area contributed by atoms with Gasteiger partial charge >= 0.3 is 0 Å². The summed E-state index contributed by atoms with van der Waals surface area (Å²) in [6.07, 6.45) is 1.79. The SMILES string of the molecule is c1ccc(Sc2cccc(-c3cccc(-c4ccccn4)n3)c2)cc1. The fourth-order valence-corrected chi connectivity index (χ4v) is 3.49. The van der Waals surface area contributed by atoms with Crippen LogP contribution in [0.5, 0.6) is 0 Å². The number of hydrogen-bond donors (Lipinski definition) is 0. The van der Waals surface area contributed by atoms with Crippen molar-refractivity contribution in [2.75, 3.05) is 0 Å². The van der Waals surface area contributed by atoms with E-state index in [1.165, 1.54) is 9.79 Å². The van der Waals surface area contributed by atoms with E-state index >= 15 is 0 Å². The molecule has 4 aromatic rings. The summed E-state index contributed by atoms with van der Waals surface area (Å²) in [6.45, 7) is 0. The number of nitrogens with zero attached hydrogens (tertiary/aromatic N) is 2. The molecule has 2 heterocycles. The maximum absolute atomic E-state index is 4.79. The summed E-state index contributed by atoms with van der Waals surface area (Å²) in [5.41, 5.74) is 3.84. The topological polar surface area (TPSA) is 25.8 Å². The van der Waals surface area contributed by atoms with Gasteiger partial charge < -0.3 is 0 Å². The minimum absolute atomic E-state index is 0.888. The summed E-state index contributed by atoms with van der Waals surface area (Å²) in [6, 6.07) is 30.8. The summed E-state index contributed by atoms with van der Waals surface area (Å²) >= 11 is 1.76. The zero-order chi connectivity index (χ0) is 16.9. The van der Waals surface area contributed by atoms with E-state index in [4.69, 9.17) is 4.98 Å². The molecule has 0 saturated carbocycles. The molecule has 0 saturated heterocycles. The van der Waals surface area contributed by atoms with Crippen molar-refractivity contribution in [2.45, 2.75) is 9.79 Å². The first-order valence-electron chi connectivity index (χ1n) is 8.10. The Morgan fingerprint density at radius 2 is 1.28 bits per heavy atom. The molecule has 2 aromatic heterocycles. The summed E-state index contributed by atoms with van der Waals surface area (Å²) in [4.78, 5) is 11.6. The number of benzene rings is 2. The molecule has 0 aliphatic carbocycles. The molecule has 0 spiro atoms. The van der Waals surface area contributed by atoms with Gasteiger partial charge in [-0.2, -0.15) is 0 Å². The van der Waals surface area contributed by atoms with Crippen molar-refractivity contribution < 1.29 is 0 Å².